The predicted molar refractivity (Wildman–Crippen MR) is 103 cm³/mol. The summed E-state index contributed by atoms with van der Waals surface area (Å²) in [6.07, 6.45) is 16.9. The minimum Gasteiger partial charge on any atom is -0.394 e. The van der Waals surface area contributed by atoms with Crippen molar-refractivity contribution < 1.29 is 20.1 Å². The van der Waals surface area contributed by atoms with E-state index in [2.05, 4.69) is 20.8 Å². The van der Waals surface area contributed by atoms with Gasteiger partial charge in [-0.15, -0.1) is 0 Å². The summed E-state index contributed by atoms with van der Waals surface area (Å²) >= 11 is 0. The molecule has 0 saturated carbocycles. The number of hydrogen-bond donors (Lipinski definition) is 3. The fourth-order valence-electron chi connectivity index (χ4n) is 1.92. The summed E-state index contributed by atoms with van der Waals surface area (Å²) in [7, 11) is 0. The maximum Gasteiger partial charge on any atom is 0.119 e. The highest BCUT2D eigenvalue weighted by Crippen LogP contribution is 2.07. The summed E-state index contributed by atoms with van der Waals surface area (Å²) in [4.78, 5) is 9.94. The van der Waals surface area contributed by atoms with E-state index in [9.17, 15) is 4.79 Å². The Hall–Kier alpha value is -0.450. The average molecular weight is 349 g/mol. The highest BCUT2D eigenvalue weighted by molar-refractivity contribution is 5.48. The monoisotopic (exact) mass is 348 g/mol. The van der Waals surface area contributed by atoms with Crippen LogP contribution >= 0.6 is 0 Å². The van der Waals surface area contributed by atoms with Gasteiger partial charge in [-0.2, -0.15) is 0 Å². The molecule has 4 heteroatoms. The summed E-state index contributed by atoms with van der Waals surface area (Å²) in [5, 5.41) is 24.0. The number of unbranched alkanes of at least 4 members (excludes halogenated alkanes) is 11. The van der Waals surface area contributed by atoms with E-state index in [1.165, 1.54) is 70.6 Å². The molecule has 0 aliphatic carbocycles. The molecule has 148 valence electrons. The highest BCUT2D eigenvalue weighted by atomic mass is 16.3. The molecule has 0 unspecified atom stereocenters. The van der Waals surface area contributed by atoms with Crippen LogP contribution in [0.3, 0.4) is 0 Å². The molecule has 0 aromatic heterocycles. The minimum atomic E-state index is -0.954. The third-order valence-electron chi connectivity index (χ3n) is 3.55. The van der Waals surface area contributed by atoms with Gasteiger partial charge in [0, 0.05) is 6.42 Å². The number of rotatable bonds is 14. The maximum absolute atomic E-state index is 9.94. The van der Waals surface area contributed by atoms with Crippen LogP contribution in [0.2, 0.25) is 0 Å². The van der Waals surface area contributed by atoms with E-state index in [1.807, 2.05) is 0 Å². The van der Waals surface area contributed by atoms with Gasteiger partial charge in [-0.05, 0) is 6.42 Å². The van der Waals surface area contributed by atoms with Gasteiger partial charge < -0.3 is 20.1 Å². The molecule has 0 bridgehead atoms. The maximum atomic E-state index is 9.94. The van der Waals surface area contributed by atoms with E-state index in [4.69, 9.17) is 15.3 Å². The second-order valence-corrected chi connectivity index (χ2v) is 6.16. The van der Waals surface area contributed by atoms with Gasteiger partial charge in [0.2, 0.25) is 0 Å². The molecule has 0 aromatic rings. The van der Waals surface area contributed by atoms with Gasteiger partial charge in [0.1, 0.15) is 12.4 Å². The molecule has 24 heavy (non-hydrogen) atoms. The van der Waals surface area contributed by atoms with Crippen molar-refractivity contribution in [3.8, 4) is 0 Å². The first kappa shape index (κ1) is 28.4. The summed E-state index contributed by atoms with van der Waals surface area (Å²) in [5.74, 6) is 0. The predicted octanol–water partition coefficient (Wildman–Crippen LogP) is 4.63. The lowest BCUT2D eigenvalue weighted by Crippen LogP contribution is -2.15. The van der Waals surface area contributed by atoms with Crippen molar-refractivity contribution in [2.24, 2.45) is 0 Å². The van der Waals surface area contributed by atoms with Crippen molar-refractivity contribution in [3.05, 3.63) is 0 Å². The molecule has 0 spiro atoms. The molecule has 0 aliphatic rings. The first-order chi connectivity index (χ1) is 11.6. The molecule has 0 saturated heterocycles. The van der Waals surface area contributed by atoms with E-state index in [1.54, 1.807) is 0 Å². The fourth-order valence-corrected chi connectivity index (χ4v) is 1.92. The second-order valence-electron chi connectivity index (χ2n) is 6.16. The van der Waals surface area contributed by atoms with Gasteiger partial charge in [-0.25, -0.2) is 0 Å². The van der Waals surface area contributed by atoms with Crippen LogP contribution in [0.1, 0.15) is 104 Å². The zero-order valence-corrected chi connectivity index (χ0v) is 16.5. The van der Waals surface area contributed by atoms with E-state index >= 15 is 0 Å². The molecule has 0 aliphatic heterocycles. The van der Waals surface area contributed by atoms with Crippen LogP contribution in [0.4, 0.5) is 0 Å². The smallest absolute Gasteiger partial charge is 0.119 e. The van der Waals surface area contributed by atoms with Crippen LogP contribution in [0.25, 0.3) is 0 Å². The third-order valence-corrected chi connectivity index (χ3v) is 3.55. The van der Waals surface area contributed by atoms with Crippen LogP contribution < -0.4 is 0 Å². The van der Waals surface area contributed by atoms with Gasteiger partial charge in [0.15, 0.2) is 0 Å². The first-order valence-corrected chi connectivity index (χ1v) is 9.97. The Kier molecular flexibility index (Phi) is 36.0. The van der Waals surface area contributed by atoms with Gasteiger partial charge >= 0.3 is 0 Å². The Balaban J connectivity index is -0.000000294. The van der Waals surface area contributed by atoms with Crippen LogP contribution in [0, 0.1) is 0 Å². The molecular formula is C20H44O4. The Labute approximate surface area is 150 Å². The summed E-state index contributed by atoms with van der Waals surface area (Å²) < 4.78 is 0. The molecule has 3 N–H and O–H groups in total. The van der Waals surface area contributed by atoms with Gasteiger partial charge in [-0.1, -0.05) is 91.4 Å². The van der Waals surface area contributed by atoms with Crippen molar-refractivity contribution in [1.82, 2.24) is 0 Å². The molecular weight excluding hydrogens is 304 g/mol. The summed E-state index contributed by atoms with van der Waals surface area (Å²) in [5.41, 5.74) is 0. The number of hydrogen-bond acceptors (Lipinski definition) is 4. The number of aliphatic hydroxyl groups excluding tert-OH is 3. The number of aliphatic hydroxyl groups is 3. The fraction of sp³-hybridized carbons (Fsp3) is 0.950. The van der Waals surface area contributed by atoms with Crippen molar-refractivity contribution in [2.45, 2.75) is 110 Å². The Morgan fingerprint density at radius 2 is 1.00 bits per heavy atom. The molecule has 0 atom stereocenters. The molecule has 0 amide bonds. The van der Waals surface area contributed by atoms with Gasteiger partial charge in [0.05, 0.1) is 13.2 Å². The first-order valence-electron chi connectivity index (χ1n) is 9.97. The van der Waals surface area contributed by atoms with E-state index in [-0.39, 0.29) is 13.2 Å². The van der Waals surface area contributed by atoms with Crippen molar-refractivity contribution in [1.29, 1.82) is 0 Å². The second kappa shape index (κ2) is 30.4. The van der Waals surface area contributed by atoms with Gasteiger partial charge in [-0.3, -0.25) is 0 Å². The number of aldehydes is 1. The lowest BCUT2D eigenvalue weighted by Gasteiger charge is -1.97. The van der Waals surface area contributed by atoms with Crippen LogP contribution in [-0.2, 0) is 4.79 Å². The highest BCUT2D eigenvalue weighted by Gasteiger charge is 1.93. The largest absolute Gasteiger partial charge is 0.394 e. The quantitative estimate of drug-likeness (QED) is 0.316. The zero-order chi connectivity index (χ0) is 18.9. The van der Waals surface area contributed by atoms with E-state index in [0.29, 0.717) is 0 Å². The number of carbonyl (C=O) groups excluding carboxylic acids is 1. The standard InChI is InChI=1S/C10H20O.C7H16.C3H8O3/c1-2-3-4-5-6-7-8-9-10-11;1-3-5-7-6-4-2;4-1-3(6)2-5/h10H,2-9H2,1H3;3-7H2,1-2H3;3-6H,1-2H2. The SMILES string of the molecule is CCCCCCC.CCCCCCCCCC=O.OCC(O)CO. The topological polar surface area (TPSA) is 77.8 Å². The van der Waals surface area contributed by atoms with E-state index in [0.717, 1.165) is 19.1 Å². The molecule has 0 heterocycles. The molecule has 0 rings (SSSR count). The van der Waals surface area contributed by atoms with E-state index < -0.39 is 6.10 Å². The van der Waals surface area contributed by atoms with Crippen LogP contribution in [-0.4, -0.2) is 40.9 Å². The average Bonchev–Trinajstić information content (AvgIpc) is 2.62. The van der Waals surface area contributed by atoms with Crippen molar-refractivity contribution >= 4 is 6.29 Å². The van der Waals surface area contributed by atoms with Crippen molar-refractivity contribution in [3.63, 3.8) is 0 Å². The molecule has 0 aromatic carbocycles. The summed E-state index contributed by atoms with van der Waals surface area (Å²) in [6, 6.07) is 0. The Bertz CT molecular complexity index is 190. The molecule has 4 nitrogen and oxygen atoms in total. The van der Waals surface area contributed by atoms with Gasteiger partial charge in [0.25, 0.3) is 0 Å². The minimum absolute atomic E-state index is 0.365. The Morgan fingerprint density at radius 1 is 0.667 bits per heavy atom. The number of carbonyl (C=O) groups is 1. The molecule has 0 fully saturated rings. The van der Waals surface area contributed by atoms with Crippen LogP contribution in [0.5, 0.6) is 0 Å². The third kappa shape index (κ3) is 37.6. The summed E-state index contributed by atoms with van der Waals surface area (Å²) in [6.45, 7) is 5.99. The Morgan fingerprint density at radius 3 is 1.29 bits per heavy atom. The zero-order valence-electron chi connectivity index (χ0n) is 16.5. The lowest BCUT2D eigenvalue weighted by atomic mass is 10.1. The normalized spacial score (nSPS) is 9.79. The van der Waals surface area contributed by atoms with Crippen LogP contribution in [0.15, 0.2) is 0 Å². The van der Waals surface area contributed by atoms with Crippen molar-refractivity contribution in [2.75, 3.05) is 13.2 Å². The molecule has 0 radical (unpaired) electrons. The lowest BCUT2D eigenvalue weighted by molar-refractivity contribution is -0.107.